The zero-order valence-corrected chi connectivity index (χ0v) is 17.6. The molecule has 1 saturated carbocycles. The van der Waals surface area contributed by atoms with Crippen molar-refractivity contribution in [2.75, 3.05) is 17.7 Å². The Morgan fingerprint density at radius 3 is 2.65 bits per heavy atom. The normalized spacial score (nSPS) is 18.4. The van der Waals surface area contributed by atoms with Gasteiger partial charge in [-0.25, -0.2) is 14.4 Å². The van der Waals surface area contributed by atoms with E-state index in [1.807, 2.05) is 30.3 Å². The van der Waals surface area contributed by atoms with Crippen molar-refractivity contribution >= 4 is 11.6 Å². The number of aromatic nitrogens is 2. The number of nitrogens with one attached hydrogen (secondary N) is 2. The molecule has 1 aliphatic carbocycles. The highest BCUT2D eigenvalue weighted by atomic mass is 19.1. The Balaban J connectivity index is 1.51. The zero-order chi connectivity index (χ0) is 21.6. The highest BCUT2D eigenvalue weighted by molar-refractivity contribution is 5.71. The van der Waals surface area contributed by atoms with Crippen LogP contribution in [0.1, 0.15) is 31.2 Å². The van der Waals surface area contributed by atoms with Crippen molar-refractivity contribution < 1.29 is 9.13 Å². The maximum atomic E-state index is 13.4. The Morgan fingerprint density at radius 2 is 1.87 bits per heavy atom. The molecule has 0 unspecified atom stereocenters. The van der Waals surface area contributed by atoms with Crippen molar-refractivity contribution in [2.24, 2.45) is 5.73 Å². The maximum Gasteiger partial charge on any atom is 0.146 e. The van der Waals surface area contributed by atoms with E-state index >= 15 is 0 Å². The van der Waals surface area contributed by atoms with E-state index < -0.39 is 0 Å². The second kappa shape index (κ2) is 9.75. The Kier molecular flexibility index (Phi) is 6.62. The van der Waals surface area contributed by atoms with Crippen molar-refractivity contribution in [1.82, 2.24) is 9.97 Å². The largest absolute Gasteiger partial charge is 0.494 e. The minimum absolute atomic E-state index is 0.248. The van der Waals surface area contributed by atoms with Gasteiger partial charge >= 0.3 is 0 Å². The molecule has 6 nitrogen and oxygen atoms in total. The summed E-state index contributed by atoms with van der Waals surface area (Å²) < 4.78 is 18.9. The number of ether oxygens (including phenoxy) is 1. The average molecular weight is 422 g/mol. The number of nitrogens with two attached hydrogens (primary N) is 1. The van der Waals surface area contributed by atoms with E-state index in [1.165, 1.54) is 12.1 Å². The van der Waals surface area contributed by atoms with Crippen LogP contribution in [0, 0.1) is 5.82 Å². The average Bonchev–Trinajstić information content (AvgIpc) is 2.79. The first kappa shape index (κ1) is 21.1. The molecule has 0 atom stereocenters. The molecule has 1 aromatic carbocycles. The fourth-order valence-corrected chi connectivity index (χ4v) is 3.88. The monoisotopic (exact) mass is 421 g/mol. The van der Waals surface area contributed by atoms with E-state index in [4.69, 9.17) is 15.5 Å². The van der Waals surface area contributed by atoms with E-state index in [0.717, 1.165) is 48.3 Å². The number of methoxy groups -OCH3 is 1. The molecule has 0 saturated heterocycles. The summed E-state index contributed by atoms with van der Waals surface area (Å²) in [5, 5.41) is 6.79. The molecule has 4 N–H and O–H groups in total. The fourth-order valence-electron chi connectivity index (χ4n) is 3.88. The van der Waals surface area contributed by atoms with Crippen LogP contribution in [0.4, 0.5) is 16.0 Å². The molecule has 4 rings (SSSR count). The number of benzene rings is 1. The highest BCUT2D eigenvalue weighted by Crippen LogP contribution is 2.31. The Bertz CT molecular complexity index is 1020. The first-order valence-corrected chi connectivity index (χ1v) is 10.6. The predicted molar refractivity (Wildman–Crippen MR) is 122 cm³/mol. The molecule has 3 aromatic rings. The van der Waals surface area contributed by atoms with Gasteiger partial charge in [0.05, 0.1) is 19.0 Å². The molecule has 31 heavy (non-hydrogen) atoms. The van der Waals surface area contributed by atoms with Crippen LogP contribution < -0.4 is 21.1 Å². The highest BCUT2D eigenvalue weighted by Gasteiger charge is 2.19. The van der Waals surface area contributed by atoms with Crippen LogP contribution in [0.15, 0.2) is 54.7 Å². The molecule has 0 aliphatic heterocycles. The summed E-state index contributed by atoms with van der Waals surface area (Å²) in [5.41, 5.74) is 8.51. The Labute approximate surface area is 182 Å². The number of pyridine rings is 2. The Hall–Kier alpha value is -3.19. The van der Waals surface area contributed by atoms with Crippen molar-refractivity contribution in [3.63, 3.8) is 0 Å². The lowest BCUT2D eigenvalue weighted by molar-refractivity contribution is 0.409. The first-order valence-electron chi connectivity index (χ1n) is 10.6. The molecule has 2 aromatic heterocycles. The Morgan fingerprint density at radius 1 is 1.06 bits per heavy atom. The molecule has 0 amide bonds. The lowest BCUT2D eigenvalue weighted by Gasteiger charge is -2.27. The SMILES string of the molecule is COc1cnc(NC2CCC(N)CC2)cc1-c1cccc(NCc2cccc(F)c2)n1. The van der Waals surface area contributed by atoms with E-state index in [1.54, 1.807) is 19.4 Å². The summed E-state index contributed by atoms with van der Waals surface area (Å²) in [4.78, 5) is 9.24. The van der Waals surface area contributed by atoms with Gasteiger partial charge in [-0.05, 0) is 61.6 Å². The molecule has 0 bridgehead atoms. The quantitative estimate of drug-likeness (QED) is 0.518. The molecule has 7 heteroatoms. The van der Waals surface area contributed by atoms with Gasteiger partial charge in [0.1, 0.15) is 23.2 Å². The van der Waals surface area contributed by atoms with E-state index in [-0.39, 0.29) is 5.82 Å². The number of hydrogen-bond acceptors (Lipinski definition) is 6. The molecule has 1 aliphatic rings. The molecular weight excluding hydrogens is 393 g/mol. The van der Waals surface area contributed by atoms with E-state index in [2.05, 4.69) is 15.6 Å². The molecule has 0 spiro atoms. The van der Waals surface area contributed by atoms with Crippen molar-refractivity contribution in [3.05, 3.63) is 66.1 Å². The summed E-state index contributed by atoms with van der Waals surface area (Å²) in [6.45, 7) is 0.484. The summed E-state index contributed by atoms with van der Waals surface area (Å²) in [6.07, 6.45) is 5.87. The summed E-state index contributed by atoms with van der Waals surface area (Å²) in [6, 6.07) is 15.0. The molecule has 2 heterocycles. The van der Waals surface area contributed by atoms with Gasteiger partial charge in [0.15, 0.2) is 0 Å². The topological polar surface area (TPSA) is 85.1 Å². The van der Waals surface area contributed by atoms with Gasteiger partial charge in [-0.3, -0.25) is 0 Å². The number of hydrogen-bond donors (Lipinski definition) is 3. The van der Waals surface area contributed by atoms with Gasteiger partial charge in [-0.15, -0.1) is 0 Å². The molecule has 162 valence electrons. The van der Waals surface area contributed by atoms with Crippen molar-refractivity contribution in [3.8, 4) is 17.0 Å². The third-order valence-electron chi connectivity index (χ3n) is 5.60. The predicted octanol–water partition coefficient (Wildman–Crippen LogP) is 4.59. The van der Waals surface area contributed by atoms with E-state index in [0.29, 0.717) is 30.2 Å². The van der Waals surface area contributed by atoms with Gasteiger partial charge in [0, 0.05) is 24.2 Å². The minimum Gasteiger partial charge on any atom is -0.494 e. The zero-order valence-electron chi connectivity index (χ0n) is 17.6. The van der Waals surface area contributed by atoms with Gasteiger partial charge in [0.2, 0.25) is 0 Å². The minimum atomic E-state index is -0.248. The summed E-state index contributed by atoms with van der Waals surface area (Å²) in [5.74, 6) is 1.92. The molecule has 1 fully saturated rings. The third-order valence-corrected chi connectivity index (χ3v) is 5.60. The summed E-state index contributed by atoms with van der Waals surface area (Å²) in [7, 11) is 1.63. The van der Waals surface area contributed by atoms with Crippen LogP contribution >= 0.6 is 0 Å². The smallest absolute Gasteiger partial charge is 0.146 e. The fraction of sp³-hybridized carbons (Fsp3) is 0.333. The lowest BCUT2D eigenvalue weighted by Crippen LogP contribution is -2.33. The van der Waals surface area contributed by atoms with Gasteiger partial charge in [0.25, 0.3) is 0 Å². The molecular formula is C24H28FN5O. The van der Waals surface area contributed by atoms with Gasteiger partial charge < -0.3 is 21.1 Å². The van der Waals surface area contributed by atoms with Crippen LogP contribution in [0.5, 0.6) is 5.75 Å². The number of halogens is 1. The number of rotatable bonds is 7. The second-order valence-electron chi connectivity index (χ2n) is 7.92. The van der Waals surface area contributed by atoms with Crippen molar-refractivity contribution in [1.29, 1.82) is 0 Å². The van der Waals surface area contributed by atoms with Crippen molar-refractivity contribution in [2.45, 2.75) is 44.3 Å². The number of nitrogens with zero attached hydrogens (tertiary/aromatic N) is 2. The molecule has 0 radical (unpaired) electrons. The standard InChI is InChI=1S/C24H28FN5O/c1-31-22-15-28-24(29-19-10-8-18(26)9-11-19)13-20(22)21-6-3-7-23(30-21)27-14-16-4-2-5-17(25)12-16/h2-7,12-13,15,18-19H,8-11,14,26H2,1H3,(H,27,30)(H,28,29). The summed E-state index contributed by atoms with van der Waals surface area (Å²) >= 11 is 0. The lowest BCUT2D eigenvalue weighted by atomic mass is 9.92. The second-order valence-corrected chi connectivity index (χ2v) is 7.92. The van der Waals surface area contributed by atoms with Crippen LogP contribution in [-0.2, 0) is 6.54 Å². The van der Waals surface area contributed by atoms with Crippen LogP contribution in [0.25, 0.3) is 11.3 Å². The van der Waals surface area contributed by atoms with Gasteiger partial charge in [-0.2, -0.15) is 0 Å². The third kappa shape index (κ3) is 5.49. The van der Waals surface area contributed by atoms with Crippen LogP contribution in [0.3, 0.4) is 0 Å². The van der Waals surface area contributed by atoms with Crippen LogP contribution in [-0.4, -0.2) is 29.2 Å². The van der Waals surface area contributed by atoms with Gasteiger partial charge in [-0.1, -0.05) is 18.2 Å². The maximum absolute atomic E-state index is 13.4. The van der Waals surface area contributed by atoms with E-state index in [9.17, 15) is 4.39 Å². The first-order chi connectivity index (χ1) is 15.1. The number of anilines is 2. The van der Waals surface area contributed by atoms with Crippen LogP contribution in [0.2, 0.25) is 0 Å².